The molecule has 5 nitrogen and oxygen atoms in total. The third-order valence-electron chi connectivity index (χ3n) is 5.76. The van der Waals surface area contributed by atoms with E-state index < -0.39 is 0 Å². The third kappa shape index (κ3) is 3.69. The molecule has 0 N–H and O–H groups in total. The lowest BCUT2D eigenvalue weighted by atomic mass is 9.78. The first kappa shape index (κ1) is 18.0. The first-order valence-corrected chi connectivity index (χ1v) is 9.67. The van der Waals surface area contributed by atoms with Crippen molar-refractivity contribution in [1.29, 1.82) is 0 Å². The van der Waals surface area contributed by atoms with Crippen molar-refractivity contribution in [2.75, 3.05) is 44.3 Å². The van der Waals surface area contributed by atoms with Crippen LogP contribution in [-0.2, 0) is 4.74 Å². The van der Waals surface area contributed by atoms with E-state index in [2.05, 4.69) is 54.1 Å². The molecule has 0 saturated carbocycles. The third-order valence-corrected chi connectivity index (χ3v) is 5.76. The molecule has 142 valence electrons. The number of carbonyl (C=O) groups excluding carboxylic acids is 1. The second kappa shape index (κ2) is 7.31. The number of pyridine rings is 1. The van der Waals surface area contributed by atoms with E-state index in [9.17, 15) is 4.79 Å². The summed E-state index contributed by atoms with van der Waals surface area (Å²) in [5.41, 5.74) is 2.20. The summed E-state index contributed by atoms with van der Waals surface area (Å²) < 4.78 is 5.32. The van der Waals surface area contributed by atoms with Gasteiger partial charge in [0, 0.05) is 38.3 Å². The number of rotatable bonds is 3. The Hall–Kier alpha value is -2.40. The quantitative estimate of drug-likeness (QED) is 0.838. The van der Waals surface area contributed by atoms with Crippen LogP contribution in [0.15, 0.2) is 48.7 Å². The van der Waals surface area contributed by atoms with E-state index in [1.807, 2.05) is 17.0 Å². The van der Waals surface area contributed by atoms with E-state index in [-0.39, 0.29) is 11.3 Å². The van der Waals surface area contributed by atoms with Crippen LogP contribution in [0.25, 0.3) is 0 Å². The van der Waals surface area contributed by atoms with Crippen LogP contribution in [0.4, 0.5) is 5.82 Å². The largest absolute Gasteiger partial charge is 0.378 e. The minimum Gasteiger partial charge on any atom is -0.378 e. The lowest BCUT2D eigenvalue weighted by Gasteiger charge is -2.27. The van der Waals surface area contributed by atoms with Crippen molar-refractivity contribution in [3.8, 4) is 0 Å². The molecular formula is C22H27N3O2. The van der Waals surface area contributed by atoms with Crippen molar-refractivity contribution < 1.29 is 9.53 Å². The van der Waals surface area contributed by atoms with Crippen LogP contribution in [-0.4, -0.2) is 55.2 Å². The smallest absolute Gasteiger partial charge is 0.255 e. The van der Waals surface area contributed by atoms with E-state index in [0.29, 0.717) is 37.8 Å². The Kier molecular flexibility index (Phi) is 4.87. The highest BCUT2D eigenvalue weighted by Gasteiger charge is 2.40. The molecule has 2 aliphatic heterocycles. The van der Waals surface area contributed by atoms with E-state index in [1.54, 1.807) is 6.20 Å². The number of carbonyl (C=O) groups is 1. The number of benzene rings is 1. The second-order valence-electron chi connectivity index (χ2n) is 8.14. The summed E-state index contributed by atoms with van der Waals surface area (Å²) in [5.74, 6) is 1.46. The Bertz CT molecular complexity index is 783. The van der Waals surface area contributed by atoms with Crippen molar-refractivity contribution in [3.63, 3.8) is 0 Å². The number of hydrogen-bond acceptors (Lipinski definition) is 4. The van der Waals surface area contributed by atoms with Gasteiger partial charge < -0.3 is 14.5 Å². The Balaban J connectivity index is 1.48. The molecule has 3 heterocycles. The Labute approximate surface area is 161 Å². The minimum atomic E-state index is 0.0428. The number of hydrogen-bond donors (Lipinski definition) is 0. The predicted molar refractivity (Wildman–Crippen MR) is 106 cm³/mol. The fourth-order valence-electron chi connectivity index (χ4n) is 4.20. The number of ether oxygens (including phenoxy) is 1. The number of morpholine rings is 1. The first-order valence-electron chi connectivity index (χ1n) is 9.67. The fourth-order valence-corrected chi connectivity index (χ4v) is 4.20. The van der Waals surface area contributed by atoms with Gasteiger partial charge >= 0.3 is 0 Å². The number of amides is 1. The van der Waals surface area contributed by atoms with E-state index in [1.165, 1.54) is 5.56 Å². The van der Waals surface area contributed by atoms with E-state index >= 15 is 0 Å². The summed E-state index contributed by atoms with van der Waals surface area (Å²) in [4.78, 5) is 21.4. The molecule has 27 heavy (non-hydrogen) atoms. The van der Waals surface area contributed by atoms with Gasteiger partial charge in [0.25, 0.3) is 5.91 Å². The molecule has 5 heteroatoms. The highest BCUT2D eigenvalue weighted by molar-refractivity contribution is 5.94. The average Bonchev–Trinajstić information content (AvgIpc) is 3.04. The van der Waals surface area contributed by atoms with Gasteiger partial charge in [0.05, 0.1) is 18.8 Å². The number of anilines is 1. The van der Waals surface area contributed by atoms with Crippen LogP contribution >= 0.6 is 0 Å². The predicted octanol–water partition coefficient (Wildman–Crippen LogP) is 3.18. The lowest BCUT2D eigenvalue weighted by Crippen LogP contribution is -2.40. The summed E-state index contributed by atoms with van der Waals surface area (Å²) in [5, 5.41) is 0. The van der Waals surface area contributed by atoms with Crippen LogP contribution in [0, 0.1) is 5.41 Å². The van der Waals surface area contributed by atoms with Crippen molar-refractivity contribution in [1.82, 2.24) is 9.88 Å². The van der Waals surface area contributed by atoms with Gasteiger partial charge in [-0.2, -0.15) is 0 Å². The molecule has 2 fully saturated rings. The maximum Gasteiger partial charge on any atom is 0.255 e. The van der Waals surface area contributed by atoms with Gasteiger partial charge in [0.2, 0.25) is 0 Å². The van der Waals surface area contributed by atoms with Gasteiger partial charge in [-0.05, 0) is 23.1 Å². The maximum atomic E-state index is 12.6. The fraction of sp³-hybridized carbons (Fsp3) is 0.455. The van der Waals surface area contributed by atoms with Gasteiger partial charge in [-0.25, -0.2) is 4.98 Å². The number of aromatic nitrogens is 1. The molecule has 1 amide bonds. The molecular weight excluding hydrogens is 338 g/mol. The Morgan fingerprint density at radius 2 is 1.85 bits per heavy atom. The zero-order valence-corrected chi connectivity index (χ0v) is 16.1. The molecule has 2 saturated heterocycles. The van der Waals surface area contributed by atoms with Gasteiger partial charge in [-0.1, -0.05) is 44.2 Å². The lowest BCUT2D eigenvalue weighted by molar-refractivity contribution is 0.0302. The summed E-state index contributed by atoms with van der Waals surface area (Å²) >= 11 is 0. The molecule has 2 aromatic rings. The van der Waals surface area contributed by atoms with Crippen molar-refractivity contribution in [2.45, 2.75) is 19.8 Å². The van der Waals surface area contributed by atoms with Crippen molar-refractivity contribution in [3.05, 3.63) is 59.8 Å². The summed E-state index contributed by atoms with van der Waals surface area (Å²) in [7, 11) is 0. The molecule has 4 rings (SSSR count). The monoisotopic (exact) mass is 365 g/mol. The van der Waals surface area contributed by atoms with Crippen molar-refractivity contribution >= 4 is 11.7 Å². The normalized spacial score (nSPS) is 22.1. The molecule has 2 aliphatic rings. The molecule has 1 aromatic heterocycles. The van der Waals surface area contributed by atoms with Crippen LogP contribution in [0.1, 0.15) is 35.7 Å². The van der Waals surface area contributed by atoms with E-state index in [0.717, 1.165) is 18.9 Å². The van der Waals surface area contributed by atoms with Crippen molar-refractivity contribution in [2.24, 2.45) is 5.41 Å². The van der Waals surface area contributed by atoms with Crippen LogP contribution in [0.3, 0.4) is 0 Å². The molecule has 1 aromatic carbocycles. The standard InChI is InChI=1S/C22H27N3O2/c1-22(2)16-25(15-19(22)17-6-4-3-5-7-17)20-9-8-18(14-23-20)21(26)24-10-12-27-13-11-24/h3-9,14,19H,10-13,15-16H2,1-2H3. The molecule has 0 spiro atoms. The zero-order chi connectivity index (χ0) is 18.9. The summed E-state index contributed by atoms with van der Waals surface area (Å²) in [6, 6.07) is 14.6. The molecule has 1 unspecified atom stereocenters. The highest BCUT2D eigenvalue weighted by atomic mass is 16.5. The van der Waals surface area contributed by atoms with Crippen LogP contribution in [0.2, 0.25) is 0 Å². The van der Waals surface area contributed by atoms with Gasteiger partial charge in [0.15, 0.2) is 0 Å². The van der Waals surface area contributed by atoms with Crippen LogP contribution in [0.5, 0.6) is 0 Å². The second-order valence-corrected chi connectivity index (χ2v) is 8.14. The van der Waals surface area contributed by atoms with Gasteiger partial charge in [-0.3, -0.25) is 4.79 Å². The maximum absolute atomic E-state index is 12.6. The van der Waals surface area contributed by atoms with Gasteiger partial charge in [-0.15, -0.1) is 0 Å². The SMILES string of the molecule is CC1(C)CN(c2ccc(C(=O)N3CCOCC3)cn2)CC1c1ccccc1. The van der Waals surface area contributed by atoms with Crippen LogP contribution < -0.4 is 4.90 Å². The Morgan fingerprint density at radius 3 is 2.52 bits per heavy atom. The number of nitrogens with zero attached hydrogens (tertiary/aromatic N) is 3. The summed E-state index contributed by atoms with van der Waals surface area (Å²) in [6.07, 6.45) is 1.72. The zero-order valence-electron chi connectivity index (χ0n) is 16.1. The highest BCUT2D eigenvalue weighted by Crippen LogP contribution is 2.43. The molecule has 0 bridgehead atoms. The molecule has 0 radical (unpaired) electrons. The topological polar surface area (TPSA) is 45.7 Å². The minimum absolute atomic E-state index is 0.0428. The first-order chi connectivity index (χ1) is 13.0. The van der Waals surface area contributed by atoms with E-state index in [4.69, 9.17) is 4.74 Å². The molecule has 1 atom stereocenters. The molecule has 0 aliphatic carbocycles. The van der Waals surface area contributed by atoms with Gasteiger partial charge in [0.1, 0.15) is 5.82 Å². The average molecular weight is 365 g/mol. The Morgan fingerprint density at radius 1 is 1.11 bits per heavy atom. The summed E-state index contributed by atoms with van der Waals surface area (Å²) in [6.45, 7) is 9.07.